The number of anilines is 1. The molecule has 1 spiro atoms. The maximum atomic E-state index is 12.4. The van der Waals surface area contributed by atoms with E-state index in [0.29, 0.717) is 0 Å². The molecule has 2 aliphatic heterocycles. The van der Waals surface area contributed by atoms with E-state index in [1.807, 2.05) is 18.2 Å². The number of aliphatic imine (C=N–C) groups is 1. The minimum atomic E-state index is -0.708. The van der Waals surface area contributed by atoms with Crippen molar-refractivity contribution in [2.75, 3.05) is 18.0 Å². The van der Waals surface area contributed by atoms with Gasteiger partial charge in [-0.05, 0) is 24.5 Å². The van der Waals surface area contributed by atoms with E-state index in [9.17, 15) is 4.79 Å². The van der Waals surface area contributed by atoms with Crippen LogP contribution in [0, 0.1) is 5.41 Å². The molecule has 1 N–H and O–H groups in total. The van der Waals surface area contributed by atoms with Crippen molar-refractivity contribution in [3.05, 3.63) is 65.7 Å². The number of amidine groups is 1. The summed E-state index contributed by atoms with van der Waals surface area (Å²) in [5, 5.41) is 3.31. The zero-order valence-electron chi connectivity index (χ0n) is 16.4. The lowest BCUT2D eigenvalue weighted by atomic mass is 9.72. The number of hydrogen-bond donors (Lipinski definition) is 1. The largest absolute Gasteiger partial charge is 0.336 e. The molecule has 1 amide bonds. The van der Waals surface area contributed by atoms with Gasteiger partial charge < -0.3 is 10.2 Å². The molecular weight excluding hydrogens is 346 g/mol. The van der Waals surface area contributed by atoms with E-state index in [2.05, 4.69) is 46.6 Å². The fourth-order valence-electron chi connectivity index (χ4n) is 5.51. The Bertz CT molecular complexity index is 930. The highest BCUT2D eigenvalue weighted by atomic mass is 16.1. The van der Waals surface area contributed by atoms with Crippen molar-refractivity contribution in [3.63, 3.8) is 0 Å². The minimum absolute atomic E-state index is 0.0406. The van der Waals surface area contributed by atoms with Crippen LogP contribution in [0.1, 0.15) is 50.2 Å². The Hall–Kier alpha value is -2.62. The second-order valence-corrected chi connectivity index (χ2v) is 8.60. The first kappa shape index (κ1) is 17.5. The van der Waals surface area contributed by atoms with Crippen LogP contribution in [-0.4, -0.2) is 24.8 Å². The molecule has 1 unspecified atom stereocenters. The zero-order chi connectivity index (χ0) is 19.2. The van der Waals surface area contributed by atoms with E-state index < -0.39 is 5.54 Å². The summed E-state index contributed by atoms with van der Waals surface area (Å²) in [7, 11) is 0. The molecule has 144 valence electrons. The van der Waals surface area contributed by atoms with Gasteiger partial charge in [-0.25, -0.2) is 0 Å². The number of hydrogen-bond acceptors (Lipinski definition) is 3. The van der Waals surface area contributed by atoms with Gasteiger partial charge in [0.2, 0.25) is 5.91 Å². The third kappa shape index (κ3) is 2.50. The molecule has 2 aromatic rings. The molecule has 3 aliphatic rings. The number of carbonyl (C=O) groups excluding carboxylic acids is 1. The average Bonchev–Trinajstić information content (AvgIpc) is 2.99. The van der Waals surface area contributed by atoms with Crippen molar-refractivity contribution < 1.29 is 4.79 Å². The third-order valence-electron chi connectivity index (χ3n) is 6.73. The topological polar surface area (TPSA) is 44.7 Å². The molecule has 4 heteroatoms. The maximum Gasteiger partial charge on any atom is 0.218 e. The van der Waals surface area contributed by atoms with Gasteiger partial charge in [0, 0.05) is 36.7 Å². The molecule has 1 fully saturated rings. The first-order valence-electron chi connectivity index (χ1n) is 10.4. The second-order valence-electron chi connectivity index (χ2n) is 8.60. The number of benzene rings is 2. The first-order chi connectivity index (χ1) is 13.6. The Morgan fingerprint density at radius 3 is 2.46 bits per heavy atom. The van der Waals surface area contributed by atoms with Gasteiger partial charge in [0.25, 0.3) is 0 Å². The zero-order valence-corrected chi connectivity index (χ0v) is 16.4. The predicted molar refractivity (Wildman–Crippen MR) is 113 cm³/mol. The van der Waals surface area contributed by atoms with Gasteiger partial charge in [0.15, 0.2) is 5.54 Å². The molecule has 5 rings (SSSR count). The normalized spacial score (nSPS) is 25.0. The molecule has 2 aromatic carbocycles. The van der Waals surface area contributed by atoms with Gasteiger partial charge in [0.1, 0.15) is 5.84 Å². The van der Waals surface area contributed by atoms with Crippen LogP contribution in [0.2, 0.25) is 0 Å². The van der Waals surface area contributed by atoms with Crippen molar-refractivity contribution in [1.82, 2.24) is 5.32 Å². The van der Waals surface area contributed by atoms with Gasteiger partial charge in [-0.1, -0.05) is 67.8 Å². The number of nitrogens with zero attached hydrogens (tertiary/aromatic N) is 2. The van der Waals surface area contributed by atoms with Crippen molar-refractivity contribution in [2.24, 2.45) is 10.4 Å². The van der Waals surface area contributed by atoms with E-state index in [1.165, 1.54) is 37.8 Å². The number of para-hydroxylation sites is 1. The lowest BCUT2D eigenvalue weighted by Gasteiger charge is -2.45. The van der Waals surface area contributed by atoms with Crippen molar-refractivity contribution >= 4 is 17.4 Å². The summed E-state index contributed by atoms with van der Waals surface area (Å²) >= 11 is 0. The van der Waals surface area contributed by atoms with Crippen molar-refractivity contribution in [1.29, 1.82) is 0 Å². The Kier molecular flexibility index (Phi) is 4.04. The second kappa shape index (κ2) is 6.47. The van der Waals surface area contributed by atoms with Crippen LogP contribution in [0.5, 0.6) is 0 Å². The van der Waals surface area contributed by atoms with Crippen molar-refractivity contribution in [3.8, 4) is 0 Å². The van der Waals surface area contributed by atoms with Crippen molar-refractivity contribution in [2.45, 2.75) is 44.6 Å². The Morgan fingerprint density at radius 2 is 1.71 bits per heavy atom. The third-order valence-corrected chi connectivity index (χ3v) is 6.73. The predicted octanol–water partition coefficient (Wildman–Crippen LogP) is 4.25. The van der Waals surface area contributed by atoms with Gasteiger partial charge >= 0.3 is 0 Å². The number of carbonyl (C=O) groups is 1. The molecule has 1 saturated carbocycles. The standard InChI is InChI=1S/C24H27N3O/c1-18(28)26-24(19-10-4-2-5-11-19)20-12-6-7-13-21(20)27-17-23(16-25-22(24)27)14-8-3-9-15-23/h2,4-7,10-13H,3,8-9,14-17H2,1H3,(H,26,28). The lowest BCUT2D eigenvalue weighted by Crippen LogP contribution is -2.57. The maximum absolute atomic E-state index is 12.4. The quantitative estimate of drug-likeness (QED) is 0.855. The van der Waals surface area contributed by atoms with Crippen LogP contribution < -0.4 is 10.2 Å². The molecule has 0 radical (unpaired) electrons. The lowest BCUT2D eigenvalue weighted by molar-refractivity contribution is -0.119. The van der Waals surface area contributed by atoms with Crippen LogP contribution in [-0.2, 0) is 10.3 Å². The van der Waals surface area contributed by atoms with E-state index in [-0.39, 0.29) is 11.3 Å². The molecule has 28 heavy (non-hydrogen) atoms. The van der Waals surface area contributed by atoms with E-state index in [0.717, 1.165) is 30.1 Å². The van der Waals surface area contributed by atoms with Crippen LogP contribution in [0.4, 0.5) is 5.69 Å². The highest BCUT2D eigenvalue weighted by Gasteiger charge is 2.54. The van der Waals surface area contributed by atoms with Gasteiger partial charge in [-0.2, -0.15) is 0 Å². The summed E-state index contributed by atoms with van der Waals surface area (Å²) in [5.41, 5.74) is 2.95. The van der Waals surface area contributed by atoms with Crippen LogP contribution in [0.15, 0.2) is 59.6 Å². The fourth-order valence-corrected chi connectivity index (χ4v) is 5.51. The van der Waals surface area contributed by atoms with Gasteiger partial charge in [-0.3, -0.25) is 9.79 Å². The van der Waals surface area contributed by atoms with Crippen LogP contribution in [0.3, 0.4) is 0 Å². The summed E-state index contributed by atoms with van der Waals surface area (Å²) in [6, 6.07) is 18.8. The monoisotopic (exact) mass is 373 g/mol. The minimum Gasteiger partial charge on any atom is -0.336 e. The Labute approximate surface area is 166 Å². The molecule has 0 saturated heterocycles. The molecule has 1 atom stereocenters. The number of fused-ring (bicyclic) bond motifs is 3. The molecule has 4 nitrogen and oxygen atoms in total. The average molecular weight is 374 g/mol. The Balaban J connectivity index is 1.72. The fraction of sp³-hybridized carbons (Fsp3) is 0.417. The van der Waals surface area contributed by atoms with E-state index >= 15 is 0 Å². The van der Waals surface area contributed by atoms with E-state index in [1.54, 1.807) is 6.92 Å². The van der Waals surface area contributed by atoms with Crippen LogP contribution in [0.25, 0.3) is 0 Å². The van der Waals surface area contributed by atoms with E-state index in [4.69, 9.17) is 4.99 Å². The highest BCUT2D eigenvalue weighted by molar-refractivity contribution is 6.15. The highest BCUT2D eigenvalue weighted by Crippen LogP contribution is 2.50. The number of nitrogens with one attached hydrogen (secondary N) is 1. The van der Waals surface area contributed by atoms with Gasteiger partial charge in [0.05, 0.1) is 0 Å². The number of amides is 1. The molecule has 1 aliphatic carbocycles. The summed E-state index contributed by atoms with van der Waals surface area (Å²) in [4.78, 5) is 20.0. The number of rotatable bonds is 2. The first-order valence-corrected chi connectivity index (χ1v) is 10.4. The summed E-state index contributed by atoms with van der Waals surface area (Å²) in [5.74, 6) is 0.937. The Morgan fingerprint density at radius 1 is 1.00 bits per heavy atom. The molecular formula is C24H27N3O. The summed E-state index contributed by atoms with van der Waals surface area (Å²) < 4.78 is 0. The SMILES string of the molecule is CC(=O)NC1(c2ccccc2)C2=NCC3(CCCCC3)CN2c2ccccc21. The van der Waals surface area contributed by atoms with Crippen LogP contribution >= 0.6 is 0 Å². The smallest absolute Gasteiger partial charge is 0.218 e. The summed E-state index contributed by atoms with van der Waals surface area (Å²) in [6.07, 6.45) is 6.45. The molecule has 0 bridgehead atoms. The molecule has 2 heterocycles. The molecule has 0 aromatic heterocycles. The summed E-state index contributed by atoms with van der Waals surface area (Å²) in [6.45, 7) is 3.46. The van der Waals surface area contributed by atoms with Gasteiger partial charge in [-0.15, -0.1) is 0 Å².